The molecule has 6 nitrogen and oxygen atoms in total. The fourth-order valence-electron chi connectivity index (χ4n) is 4.32. The molecule has 5 rings (SSSR count). The van der Waals surface area contributed by atoms with Gasteiger partial charge in [-0.1, -0.05) is 6.07 Å². The van der Waals surface area contributed by atoms with Crippen molar-refractivity contribution in [1.82, 2.24) is 14.9 Å². The van der Waals surface area contributed by atoms with Crippen LogP contribution in [0.15, 0.2) is 42.5 Å². The Bertz CT molecular complexity index is 1230. The minimum Gasteiger partial charge on any atom is -0.438 e. The van der Waals surface area contributed by atoms with E-state index in [0.717, 1.165) is 50.2 Å². The lowest BCUT2D eigenvalue weighted by molar-refractivity contribution is 0.0731. The van der Waals surface area contributed by atoms with Crippen LogP contribution in [0.3, 0.4) is 0 Å². The van der Waals surface area contributed by atoms with Crippen molar-refractivity contribution in [1.29, 1.82) is 0 Å². The van der Waals surface area contributed by atoms with E-state index < -0.39 is 17.5 Å². The van der Waals surface area contributed by atoms with E-state index in [1.165, 1.54) is 24.3 Å². The second-order valence-corrected chi connectivity index (χ2v) is 8.47. The number of rotatable bonds is 4. The molecule has 3 heterocycles. The molecule has 34 heavy (non-hydrogen) atoms. The van der Waals surface area contributed by atoms with E-state index in [0.29, 0.717) is 24.5 Å². The molecule has 1 aromatic heterocycles. The highest BCUT2D eigenvalue weighted by Gasteiger charge is 2.29. The number of carbonyl (C=O) groups excluding carboxylic acids is 1. The number of anilines is 1. The van der Waals surface area contributed by atoms with Crippen molar-refractivity contribution in [2.75, 3.05) is 24.5 Å². The molecule has 3 aromatic rings. The van der Waals surface area contributed by atoms with Crippen LogP contribution in [-0.4, -0.2) is 40.4 Å². The normalized spacial score (nSPS) is 15.7. The summed E-state index contributed by atoms with van der Waals surface area (Å²) in [6.45, 7) is 2.22. The molecule has 0 aliphatic carbocycles. The fourth-order valence-corrected chi connectivity index (χ4v) is 4.32. The van der Waals surface area contributed by atoms with Crippen LogP contribution in [0.2, 0.25) is 0 Å². The largest absolute Gasteiger partial charge is 0.438 e. The molecular weight excluding hydrogens is 445 g/mol. The van der Waals surface area contributed by atoms with Gasteiger partial charge in [-0.3, -0.25) is 4.79 Å². The summed E-state index contributed by atoms with van der Waals surface area (Å²) < 4.78 is 46.8. The van der Waals surface area contributed by atoms with Crippen molar-refractivity contribution >= 4 is 11.9 Å². The van der Waals surface area contributed by atoms with Crippen LogP contribution >= 0.6 is 0 Å². The lowest BCUT2D eigenvalue weighted by atomic mass is 10.0. The number of halogens is 3. The highest BCUT2D eigenvalue weighted by atomic mass is 19.2. The molecule has 0 bridgehead atoms. The van der Waals surface area contributed by atoms with Crippen LogP contribution in [0.5, 0.6) is 11.6 Å². The molecule has 0 atom stereocenters. The summed E-state index contributed by atoms with van der Waals surface area (Å²) in [6.07, 6.45) is 3.69. The summed E-state index contributed by atoms with van der Waals surface area (Å²) >= 11 is 0. The molecule has 176 valence electrons. The molecule has 0 N–H and O–H groups in total. The van der Waals surface area contributed by atoms with E-state index >= 15 is 0 Å². The average Bonchev–Trinajstić information content (AvgIpc) is 2.86. The Morgan fingerprint density at radius 3 is 2.50 bits per heavy atom. The van der Waals surface area contributed by atoms with Crippen molar-refractivity contribution in [2.24, 2.45) is 0 Å². The molecule has 2 aromatic carbocycles. The quantitative estimate of drug-likeness (QED) is 0.547. The number of aromatic nitrogens is 2. The fraction of sp³-hybridized carbons (Fsp3) is 0.320. The third kappa shape index (κ3) is 4.55. The molecule has 1 amide bonds. The minimum absolute atomic E-state index is 0.0953. The van der Waals surface area contributed by atoms with Gasteiger partial charge in [-0.2, -0.15) is 4.98 Å². The monoisotopic (exact) mass is 468 g/mol. The lowest BCUT2D eigenvalue weighted by Gasteiger charge is -2.32. The summed E-state index contributed by atoms with van der Waals surface area (Å²) in [5, 5.41) is 0. The number of benzene rings is 2. The highest BCUT2D eigenvalue weighted by Crippen LogP contribution is 2.33. The van der Waals surface area contributed by atoms with Gasteiger partial charge >= 0.3 is 0 Å². The Morgan fingerprint density at radius 1 is 0.912 bits per heavy atom. The van der Waals surface area contributed by atoms with Gasteiger partial charge in [0.25, 0.3) is 5.91 Å². The number of hydrogen-bond acceptors (Lipinski definition) is 5. The number of carbonyl (C=O) groups is 1. The van der Waals surface area contributed by atoms with Gasteiger partial charge in [0.05, 0.1) is 17.8 Å². The van der Waals surface area contributed by atoms with Gasteiger partial charge in [0.1, 0.15) is 11.6 Å². The summed E-state index contributed by atoms with van der Waals surface area (Å²) in [5.41, 5.74) is 1.59. The van der Waals surface area contributed by atoms with Crippen LogP contribution in [-0.2, 0) is 13.0 Å². The maximum Gasteiger partial charge on any atom is 0.254 e. The second-order valence-electron chi connectivity index (χ2n) is 8.47. The molecule has 0 unspecified atom stereocenters. The second kappa shape index (κ2) is 9.32. The predicted molar refractivity (Wildman–Crippen MR) is 119 cm³/mol. The van der Waals surface area contributed by atoms with Gasteiger partial charge in [-0.25, -0.2) is 18.2 Å². The third-order valence-corrected chi connectivity index (χ3v) is 6.11. The maximum absolute atomic E-state index is 13.8. The topological polar surface area (TPSA) is 58.6 Å². The number of nitrogens with zero attached hydrogens (tertiary/aromatic N) is 4. The number of amides is 1. The van der Waals surface area contributed by atoms with Crippen molar-refractivity contribution in [3.63, 3.8) is 0 Å². The zero-order valence-electron chi connectivity index (χ0n) is 18.4. The summed E-state index contributed by atoms with van der Waals surface area (Å²) in [5.74, 6) is -1.98. The first-order chi connectivity index (χ1) is 16.5. The van der Waals surface area contributed by atoms with Crippen molar-refractivity contribution in [3.8, 4) is 11.6 Å². The van der Waals surface area contributed by atoms with Crippen LogP contribution in [0.4, 0.5) is 19.1 Å². The summed E-state index contributed by atoms with van der Waals surface area (Å²) in [4.78, 5) is 26.0. The van der Waals surface area contributed by atoms with Gasteiger partial charge in [0.15, 0.2) is 11.6 Å². The summed E-state index contributed by atoms with van der Waals surface area (Å²) in [6, 6.07) is 8.82. The Labute approximate surface area is 195 Å². The maximum atomic E-state index is 13.8. The molecule has 9 heteroatoms. The standard InChI is InChI=1S/C25H23F3N4O2/c26-17-6-4-5-16(13-17)24(33)32-12-9-22-19(15-32)23(34-18-7-8-20(27)21(28)14-18)30-25(29-22)31-10-2-1-3-11-31/h4-8,13-14H,1-3,9-12,15H2. The van der Waals surface area contributed by atoms with Crippen LogP contribution in [0, 0.1) is 17.5 Å². The first kappa shape index (κ1) is 22.2. The molecule has 2 aliphatic heterocycles. The molecule has 0 spiro atoms. The number of piperidine rings is 1. The highest BCUT2D eigenvalue weighted by molar-refractivity contribution is 5.94. The van der Waals surface area contributed by atoms with Crippen molar-refractivity contribution < 1.29 is 22.7 Å². The predicted octanol–water partition coefficient (Wildman–Crippen LogP) is 4.88. The van der Waals surface area contributed by atoms with Crippen molar-refractivity contribution in [3.05, 3.63) is 76.7 Å². The molecule has 0 saturated carbocycles. The Balaban J connectivity index is 1.49. The van der Waals surface area contributed by atoms with Gasteiger partial charge in [0.2, 0.25) is 11.8 Å². The van der Waals surface area contributed by atoms with Gasteiger partial charge in [-0.05, 0) is 49.6 Å². The molecule has 1 fully saturated rings. The summed E-state index contributed by atoms with van der Waals surface area (Å²) in [7, 11) is 0. The first-order valence-electron chi connectivity index (χ1n) is 11.3. The van der Waals surface area contributed by atoms with Crippen LogP contribution < -0.4 is 9.64 Å². The number of ether oxygens (including phenoxy) is 1. The Morgan fingerprint density at radius 2 is 1.74 bits per heavy atom. The number of fused-ring (bicyclic) bond motifs is 1. The first-order valence-corrected chi connectivity index (χ1v) is 11.3. The van der Waals surface area contributed by atoms with E-state index in [-0.39, 0.29) is 29.6 Å². The molecule has 0 radical (unpaired) electrons. The lowest BCUT2D eigenvalue weighted by Crippen LogP contribution is -2.37. The molecule has 2 aliphatic rings. The van der Waals surface area contributed by atoms with E-state index in [1.807, 2.05) is 0 Å². The number of hydrogen-bond donors (Lipinski definition) is 0. The van der Waals surface area contributed by atoms with Gasteiger partial charge < -0.3 is 14.5 Å². The minimum atomic E-state index is -1.03. The zero-order chi connectivity index (χ0) is 23.7. The van der Waals surface area contributed by atoms with Gasteiger partial charge in [-0.15, -0.1) is 0 Å². The van der Waals surface area contributed by atoms with E-state index in [9.17, 15) is 18.0 Å². The third-order valence-electron chi connectivity index (χ3n) is 6.11. The van der Waals surface area contributed by atoms with E-state index in [2.05, 4.69) is 9.88 Å². The SMILES string of the molecule is O=C(c1cccc(F)c1)N1CCc2nc(N3CCCCC3)nc(Oc3ccc(F)c(F)c3)c2C1. The average molecular weight is 468 g/mol. The smallest absolute Gasteiger partial charge is 0.254 e. The zero-order valence-corrected chi connectivity index (χ0v) is 18.4. The Hall–Kier alpha value is -3.62. The van der Waals surface area contributed by atoms with Crippen LogP contribution in [0.25, 0.3) is 0 Å². The van der Waals surface area contributed by atoms with E-state index in [1.54, 1.807) is 11.0 Å². The van der Waals surface area contributed by atoms with E-state index in [4.69, 9.17) is 9.72 Å². The van der Waals surface area contributed by atoms with Crippen LogP contribution in [0.1, 0.15) is 40.9 Å². The Kier molecular flexibility index (Phi) is 6.08. The van der Waals surface area contributed by atoms with Crippen molar-refractivity contribution in [2.45, 2.75) is 32.2 Å². The van der Waals surface area contributed by atoms with Gasteiger partial charge in [0, 0.05) is 37.7 Å². The molecule has 1 saturated heterocycles. The molecular formula is C25H23F3N4O2.